The van der Waals surface area contributed by atoms with Crippen molar-refractivity contribution in [2.24, 2.45) is 0 Å². The van der Waals surface area contributed by atoms with Crippen LogP contribution in [0.25, 0.3) is 0 Å². The van der Waals surface area contributed by atoms with Gasteiger partial charge in [-0.1, -0.05) is 96.8 Å². The minimum absolute atomic E-state index is 0.233. The Balaban J connectivity index is 3.20. The molecular weight excluding hydrogens is 320 g/mol. The predicted molar refractivity (Wildman–Crippen MR) is 99.5 cm³/mol. The summed E-state index contributed by atoms with van der Waals surface area (Å²) in [5.41, 5.74) is 0. The third-order valence-corrected chi connectivity index (χ3v) is 4.47. The number of hydrogen-bond acceptors (Lipinski definition) is 4. The van der Waals surface area contributed by atoms with E-state index in [4.69, 9.17) is 5.11 Å². The number of aliphatic hydroxyl groups excluding tert-OH is 1. The van der Waals surface area contributed by atoms with Crippen LogP contribution < -0.4 is 0 Å². The van der Waals surface area contributed by atoms with Gasteiger partial charge in [0, 0.05) is 0 Å². The van der Waals surface area contributed by atoms with Crippen LogP contribution >= 0.6 is 0 Å². The van der Waals surface area contributed by atoms with Gasteiger partial charge in [0.2, 0.25) is 0 Å². The predicted octanol–water partition coefficient (Wildman–Crippen LogP) is 4.85. The zero-order valence-corrected chi connectivity index (χ0v) is 16.0. The summed E-state index contributed by atoms with van der Waals surface area (Å²) in [5, 5.41) is 17.9. The first-order chi connectivity index (χ1) is 12.1. The molecule has 0 aromatic carbocycles. The normalized spacial score (nSPS) is 12.1. The molecule has 0 aromatic rings. The number of unbranched alkanes of at least 4 members (excludes halogenated alkanes) is 13. The molecule has 0 aliphatic rings. The first-order valence-corrected chi connectivity index (χ1v) is 10.2. The van der Waals surface area contributed by atoms with Crippen molar-refractivity contribution in [3.8, 4) is 0 Å². The maximum Gasteiger partial charge on any atom is 0.417 e. The average molecular weight is 359 g/mol. The molecule has 0 spiro atoms. The van der Waals surface area contributed by atoms with Crippen LogP contribution in [0.5, 0.6) is 0 Å². The number of carbonyl (C=O) groups excluding carboxylic acids is 1. The van der Waals surface area contributed by atoms with Gasteiger partial charge in [-0.3, -0.25) is 0 Å². The van der Waals surface area contributed by atoms with E-state index < -0.39 is 18.0 Å². The van der Waals surface area contributed by atoms with Crippen molar-refractivity contribution >= 4 is 11.9 Å². The number of carboxylic acid groups (broad SMARTS) is 1. The Bertz CT molecular complexity index is 330. The summed E-state index contributed by atoms with van der Waals surface area (Å²) in [6, 6.07) is 0. The summed E-state index contributed by atoms with van der Waals surface area (Å²) >= 11 is 0. The van der Waals surface area contributed by atoms with Gasteiger partial charge >= 0.3 is 11.9 Å². The second kappa shape index (κ2) is 17.7. The van der Waals surface area contributed by atoms with Gasteiger partial charge < -0.3 is 14.9 Å². The van der Waals surface area contributed by atoms with E-state index in [2.05, 4.69) is 11.7 Å². The number of carbonyl (C=O) groups is 2. The highest BCUT2D eigenvalue weighted by Gasteiger charge is 2.15. The van der Waals surface area contributed by atoms with Crippen LogP contribution in [-0.4, -0.2) is 34.9 Å². The Morgan fingerprint density at radius 1 is 0.760 bits per heavy atom. The number of esters is 1. The molecule has 0 heterocycles. The molecule has 2 N–H and O–H groups in total. The topological polar surface area (TPSA) is 83.8 Å². The Hall–Kier alpha value is -1.10. The van der Waals surface area contributed by atoms with E-state index in [1.807, 2.05) is 0 Å². The van der Waals surface area contributed by atoms with Crippen molar-refractivity contribution in [2.45, 2.75) is 109 Å². The molecule has 0 fully saturated rings. The first-order valence-electron chi connectivity index (χ1n) is 10.2. The molecule has 0 amide bonds. The summed E-state index contributed by atoms with van der Waals surface area (Å²) in [6.45, 7) is 2.02. The maximum absolute atomic E-state index is 10.7. The third-order valence-electron chi connectivity index (χ3n) is 4.47. The SMILES string of the molecule is CCCCCCCCCCCCCCCCC(O)COC(=O)C(=O)O. The molecule has 5 heteroatoms. The van der Waals surface area contributed by atoms with Gasteiger partial charge in [0.25, 0.3) is 0 Å². The van der Waals surface area contributed by atoms with Crippen LogP contribution in [-0.2, 0) is 14.3 Å². The minimum atomic E-state index is -1.62. The fourth-order valence-corrected chi connectivity index (χ4v) is 2.89. The van der Waals surface area contributed by atoms with Gasteiger partial charge in [-0.25, -0.2) is 9.59 Å². The molecule has 0 aliphatic heterocycles. The molecule has 0 aliphatic carbocycles. The molecule has 0 aromatic heterocycles. The molecule has 5 nitrogen and oxygen atoms in total. The molecule has 0 rings (SSSR count). The quantitative estimate of drug-likeness (QED) is 0.221. The summed E-state index contributed by atoms with van der Waals surface area (Å²) in [5.74, 6) is -2.93. The molecule has 0 saturated carbocycles. The van der Waals surface area contributed by atoms with Crippen LogP contribution in [0.3, 0.4) is 0 Å². The summed E-state index contributed by atoms with van der Waals surface area (Å²) in [4.78, 5) is 21.0. The lowest BCUT2D eigenvalue weighted by Crippen LogP contribution is -2.23. The van der Waals surface area contributed by atoms with E-state index in [9.17, 15) is 14.7 Å². The zero-order chi connectivity index (χ0) is 18.8. The summed E-state index contributed by atoms with van der Waals surface area (Å²) in [7, 11) is 0. The standard InChI is InChI=1S/C20H38O5/c1-2-3-4-5-6-7-8-9-10-11-12-13-14-15-16-18(21)17-25-20(24)19(22)23/h18,21H,2-17H2,1H3,(H,22,23). The van der Waals surface area contributed by atoms with Gasteiger partial charge in [0.15, 0.2) is 0 Å². The molecule has 148 valence electrons. The smallest absolute Gasteiger partial charge is 0.417 e. The van der Waals surface area contributed by atoms with Crippen LogP contribution in [0.4, 0.5) is 0 Å². The Morgan fingerprint density at radius 3 is 1.56 bits per heavy atom. The lowest BCUT2D eigenvalue weighted by atomic mass is 10.0. The molecular formula is C20H38O5. The monoisotopic (exact) mass is 358 g/mol. The van der Waals surface area contributed by atoms with Crippen LogP contribution in [0.15, 0.2) is 0 Å². The minimum Gasteiger partial charge on any atom is -0.473 e. The number of aliphatic hydroxyl groups is 1. The summed E-state index contributed by atoms with van der Waals surface area (Å²) in [6.07, 6.45) is 17.7. The molecule has 25 heavy (non-hydrogen) atoms. The van der Waals surface area contributed by atoms with Crippen LogP contribution in [0.2, 0.25) is 0 Å². The van der Waals surface area contributed by atoms with Crippen molar-refractivity contribution in [1.29, 1.82) is 0 Å². The largest absolute Gasteiger partial charge is 0.473 e. The number of carboxylic acids is 1. The highest BCUT2D eigenvalue weighted by atomic mass is 16.6. The molecule has 0 saturated heterocycles. The van der Waals surface area contributed by atoms with Gasteiger partial charge in [0.1, 0.15) is 6.61 Å². The fourth-order valence-electron chi connectivity index (χ4n) is 2.89. The highest BCUT2D eigenvalue weighted by molar-refractivity contribution is 6.28. The first kappa shape index (κ1) is 23.9. The van der Waals surface area contributed by atoms with E-state index in [0.717, 1.165) is 12.8 Å². The van der Waals surface area contributed by atoms with E-state index in [0.29, 0.717) is 6.42 Å². The lowest BCUT2D eigenvalue weighted by molar-refractivity contribution is -0.165. The summed E-state index contributed by atoms with van der Waals surface area (Å²) < 4.78 is 4.45. The molecule has 0 bridgehead atoms. The van der Waals surface area contributed by atoms with Crippen molar-refractivity contribution < 1.29 is 24.5 Å². The van der Waals surface area contributed by atoms with Gasteiger partial charge in [-0.05, 0) is 6.42 Å². The van der Waals surface area contributed by atoms with E-state index in [1.165, 1.54) is 77.0 Å². The second-order valence-corrected chi connectivity index (χ2v) is 6.94. The molecule has 1 atom stereocenters. The van der Waals surface area contributed by atoms with Crippen molar-refractivity contribution in [1.82, 2.24) is 0 Å². The van der Waals surface area contributed by atoms with Crippen LogP contribution in [0.1, 0.15) is 103 Å². The van der Waals surface area contributed by atoms with E-state index in [-0.39, 0.29) is 6.61 Å². The molecule has 0 radical (unpaired) electrons. The van der Waals surface area contributed by atoms with Crippen molar-refractivity contribution in [3.63, 3.8) is 0 Å². The number of ether oxygens (including phenoxy) is 1. The van der Waals surface area contributed by atoms with Gasteiger partial charge in [-0.2, -0.15) is 0 Å². The van der Waals surface area contributed by atoms with Crippen molar-refractivity contribution in [3.05, 3.63) is 0 Å². The Morgan fingerprint density at radius 2 is 1.16 bits per heavy atom. The zero-order valence-electron chi connectivity index (χ0n) is 16.0. The Kier molecular flexibility index (Phi) is 16.9. The number of hydrogen-bond donors (Lipinski definition) is 2. The number of rotatable bonds is 17. The second-order valence-electron chi connectivity index (χ2n) is 6.94. The third kappa shape index (κ3) is 17.5. The fraction of sp³-hybridized carbons (Fsp3) is 0.900. The van der Waals surface area contributed by atoms with Crippen LogP contribution in [0, 0.1) is 0 Å². The van der Waals surface area contributed by atoms with E-state index >= 15 is 0 Å². The average Bonchev–Trinajstić information content (AvgIpc) is 2.59. The maximum atomic E-state index is 10.7. The highest BCUT2D eigenvalue weighted by Crippen LogP contribution is 2.13. The lowest BCUT2D eigenvalue weighted by Gasteiger charge is -2.10. The van der Waals surface area contributed by atoms with Gasteiger partial charge in [0.05, 0.1) is 6.10 Å². The Labute approximate surface area is 153 Å². The molecule has 1 unspecified atom stereocenters. The van der Waals surface area contributed by atoms with Gasteiger partial charge in [-0.15, -0.1) is 0 Å². The number of aliphatic carboxylic acids is 1. The van der Waals surface area contributed by atoms with E-state index in [1.54, 1.807) is 0 Å². The van der Waals surface area contributed by atoms with Crippen molar-refractivity contribution in [2.75, 3.05) is 6.61 Å².